The number of nitrogens with zero attached hydrogens (tertiary/aromatic N) is 9. The summed E-state index contributed by atoms with van der Waals surface area (Å²) in [4.78, 5) is 45.6. The maximum atomic E-state index is 6.51. The Labute approximate surface area is 664 Å². The lowest BCUT2D eigenvalue weighted by Gasteiger charge is -2.13. The van der Waals surface area contributed by atoms with Gasteiger partial charge in [-0.25, -0.2) is 39.9 Å². The van der Waals surface area contributed by atoms with E-state index in [4.69, 9.17) is 53.1 Å². The molecule has 0 N–H and O–H groups in total. The van der Waals surface area contributed by atoms with Gasteiger partial charge in [0.15, 0.2) is 34.5 Å². The lowest BCUT2D eigenvalue weighted by Crippen LogP contribution is -1.96. The van der Waals surface area contributed by atoms with E-state index in [1.807, 2.05) is 103 Å². The van der Waals surface area contributed by atoms with Crippen molar-refractivity contribution in [1.82, 2.24) is 44.9 Å². The predicted octanol–water partition coefficient (Wildman–Crippen LogP) is 27.4. The van der Waals surface area contributed by atoms with Crippen LogP contribution in [0.3, 0.4) is 0 Å². The second kappa shape index (κ2) is 26.0. The van der Waals surface area contributed by atoms with Crippen LogP contribution in [0, 0.1) is 0 Å². The van der Waals surface area contributed by atoms with Crippen LogP contribution in [0.2, 0.25) is 0 Å². The summed E-state index contributed by atoms with van der Waals surface area (Å²) < 4.78 is 21.7. The first kappa shape index (κ1) is 65.2. The van der Waals surface area contributed by atoms with E-state index >= 15 is 0 Å². The minimum absolute atomic E-state index is 0.625. The number of rotatable bonds is 9. The summed E-state index contributed by atoms with van der Waals surface area (Å²) in [6, 6.07) is 116. The average Bonchev–Trinajstić information content (AvgIpc) is 0.877. The number of fused-ring (bicyclic) bond motifs is 15. The van der Waals surface area contributed by atoms with Crippen LogP contribution in [0.15, 0.2) is 359 Å². The van der Waals surface area contributed by atoms with E-state index in [1.165, 1.54) is 52.5 Å². The van der Waals surface area contributed by atoms with Crippen molar-refractivity contribution in [3.8, 4) is 102 Å². The van der Waals surface area contributed by atoms with Crippen LogP contribution in [-0.4, -0.2) is 44.9 Å². The maximum Gasteiger partial charge on any atom is 0.180 e. The van der Waals surface area contributed by atoms with E-state index in [9.17, 15) is 0 Å². The Hall–Kier alpha value is -15.6. The second-order valence-corrected chi connectivity index (χ2v) is 30.6. The van der Waals surface area contributed by atoms with Crippen molar-refractivity contribution < 1.29 is 13.3 Å². The molecular formula is C103H57N9O3S. The fourth-order valence-corrected chi connectivity index (χ4v) is 18.1. The molecule has 12 nitrogen and oxygen atoms in total. The predicted molar refractivity (Wildman–Crippen MR) is 473 cm³/mol. The molecule has 0 atom stereocenters. The summed E-state index contributed by atoms with van der Waals surface area (Å²) in [5.74, 6) is 2.66. The molecule has 25 aromatic rings. The van der Waals surface area contributed by atoms with Crippen LogP contribution >= 0.6 is 11.3 Å². The lowest BCUT2D eigenvalue weighted by molar-refractivity contribution is 0.667. The zero-order valence-electron chi connectivity index (χ0n) is 61.6. The van der Waals surface area contributed by atoms with E-state index in [1.54, 1.807) is 17.5 Å². The number of hydrogen-bond donors (Lipinski definition) is 0. The van der Waals surface area contributed by atoms with Gasteiger partial charge in [-0.3, -0.25) is 4.98 Å². The molecule has 116 heavy (non-hydrogen) atoms. The van der Waals surface area contributed by atoms with Crippen molar-refractivity contribution in [2.75, 3.05) is 0 Å². The van der Waals surface area contributed by atoms with E-state index in [0.717, 1.165) is 166 Å². The van der Waals surface area contributed by atoms with Gasteiger partial charge in [-0.1, -0.05) is 231 Å². The van der Waals surface area contributed by atoms with Gasteiger partial charge in [-0.05, 0) is 157 Å². The molecule has 25 rings (SSSR count). The number of furan rings is 3. The summed E-state index contributed by atoms with van der Waals surface area (Å²) >= 11 is 1.80. The average molecular weight is 1500 g/mol. The standard InChI is InChI=1S/C52H28N4O2S.C51H29N5O/c1-5-13-41-38(11-1)47(54-51(53-41)34-21-23-37-36-10-4-8-16-45(36)59-46(37)28-34)31-19-17-30-26-32(20-18-29(30)25-31)48-50-49(39-12-3-7-15-43(39)58-50)56-52(55-48)33-22-24-44-40(27-33)35-9-2-6-14-42(35)57-44;1-3-12-42-40(10-1)46(54-50(53-42)35-22-14-30(15-23-35)38-9-6-26-52-29-38)33-18-20-34(21-19-33)47-49-48(41-11-2-4-13-43(41)57-49)56-51(55-47)39-27-36-24-16-31-7-5-8-32-17-25-37(28-39)45(36)44(31)32/h1-28H;1-29H. The third-order valence-corrected chi connectivity index (χ3v) is 23.7. The summed E-state index contributed by atoms with van der Waals surface area (Å²) in [5.41, 5.74) is 21.0. The maximum absolute atomic E-state index is 6.51. The van der Waals surface area contributed by atoms with Crippen LogP contribution < -0.4 is 0 Å². The summed E-state index contributed by atoms with van der Waals surface area (Å²) in [7, 11) is 0. The summed E-state index contributed by atoms with van der Waals surface area (Å²) in [5, 5.41) is 18.1. The number of pyridine rings is 1. The second-order valence-electron chi connectivity index (χ2n) is 29.5. The molecule has 538 valence electrons. The van der Waals surface area contributed by atoms with E-state index < -0.39 is 0 Å². The van der Waals surface area contributed by atoms with Crippen LogP contribution in [-0.2, 0) is 0 Å². The van der Waals surface area contributed by atoms with Gasteiger partial charge in [0.2, 0.25) is 0 Å². The first-order valence-electron chi connectivity index (χ1n) is 38.5. The molecule has 0 saturated carbocycles. The largest absolute Gasteiger partial charge is 0.456 e. The molecule has 0 aliphatic heterocycles. The number of para-hydroxylation sites is 5. The molecule has 16 aromatic carbocycles. The van der Waals surface area contributed by atoms with Gasteiger partial charge in [0.25, 0.3) is 0 Å². The molecule has 0 amide bonds. The van der Waals surface area contributed by atoms with Crippen molar-refractivity contribution in [2.24, 2.45) is 0 Å². The van der Waals surface area contributed by atoms with Gasteiger partial charge >= 0.3 is 0 Å². The lowest BCUT2D eigenvalue weighted by atomic mass is 9.93. The minimum Gasteiger partial charge on any atom is -0.456 e. The van der Waals surface area contributed by atoms with E-state index in [2.05, 4.69) is 242 Å². The number of thiophene rings is 1. The van der Waals surface area contributed by atoms with Gasteiger partial charge in [-0.15, -0.1) is 11.3 Å². The van der Waals surface area contributed by atoms with Gasteiger partial charge in [-0.2, -0.15) is 0 Å². The van der Waals surface area contributed by atoms with Gasteiger partial charge in [0, 0.05) is 109 Å². The molecule has 9 aromatic heterocycles. The molecule has 0 bridgehead atoms. The Morgan fingerprint density at radius 3 is 1.29 bits per heavy atom. The molecule has 0 unspecified atom stereocenters. The zero-order valence-corrected chi connectivity index (χ0v) is 62.4. The molecule has 9 heterocycles. The topological polar surface area (TPSA) is 155 Å². The fourth-order valence-electron chi connectivity index (χ4n) is 17.0. The van der Waals surface area contributed by atoms with Gasteiger partial charge < -0.3 is 13.3 Å². The highest BCUT2D eigenvalue weighted by Crippen LogP contribution is 2.45. The normalized spacial score (nSPS) is 12.0. The quantitative estimate of drug-likeness (QED) is 0.126. The molecule has 0 aliphatic carbocycles. The molecule has 0 spiro atoms. The number of hydrogen-bond acceptors (Lipinski definition) is 13. The van der Waals surface area contributed by atoms with Crippen LogP contribution in [0.5, 0.6) is 0 Å². The van der Waals surface area contributed by atoms with Crippen molar-refractivity contribution >= 4 is 162 Å². The highest BCUT2D eigenvalue weighted by Gasteiger charge is 2.24. The summed E-state index contributed by atoms with van der Waals surface area (Å²) in [6.45, 7) is 0. The highest BCUT2D eigenvalue weighted by atomic mass is 32.1. The monoisotopic (exact) mass is 1500 g/mol. The third kappa shape index (κ3) is 10.8. The molecule has 0 radical (unpaired) electrons. The van der Waals surface area contributed by atoms with Crippen molar-refractivity contribution in [3.63, 3.8) is 0 Å². The minimum atomic E-state index is 0.625. The molecule has 0 saturated heterocycles. The Morgan fingerprint density at radius 1 is 0.216 bits per heavy atom. The highest BCUT2D eigenvalue weighted by molar-refractivity contribution is 7.25. The van der Waals surface area contributed by atoms with Crippen molar-refractivity contribution in [2.45, 2.75) is 0 Å². The number of aromatic nitrogens is 9. The summed E-state index contributed by atoms with van der Waals surface area (Å²) in [6.07, 6.45) is 3.66. The Morgan fingerprint density at radius 2 is 0.647 bits per heavy atom. The fraction of sp³-hybridized carbons (Fsp3) is 0. The Bertz CT molecular complexity index is 8300. The van der Waals surface area contributed by atoms with Crippen LogP contribution in [0.25, 0.3) is 253 Å². The van der Waals surface area contributed by atoms with Crippen LogP contribution in [0.4, 0.5) is 0 Å². The van der Waals surface area contributed by atoms with Gasteiger partial charge in [0.05, 0.1) is 22.4 Å². The van der Waals surface area contributed by atoms with E-state index in [0.29, 0.717) is 34.5 Å². The molecule has 0 fully saturated rings. The first-order chi connectivity index (χ1) is 57.4. The number of benzene rings is 16. The first-order valence-corrected chi connectivity index (χ1v) is 39.3. The molecular weight excluding hydrogens is 1440 g/mol. The third-order valence-electron chi connectivity index (χ3n) is 22.6. The zero-order chi connectivity index (χ0) is 76.1. The SMILES string of the molecule is c1ccc2c(-c3ccc4cc(-c5nc(-c6ccc7oc8ccccc8c7c6)nc6c5oc5ccccc56)ccc4c3)nc(-c3ccc4c(c3)sc3ccccc34)nc2c1.c1cncc(-c2ccc(-c3nc(-c4ccc(-c5nc(-c6cc7ccc8cccc9ccc(c6)c7c89)nc6c5oc5ccccc56)cc4)c4ccccc4n3)cc2)c1. The van der Waals surface area contributed by atoms with Crippen molar-refractivity contribution in [3.05, 3.63) is 346 Å². The molecule has 13 heteroatoms. The van der Waals surface area contributed by atoms with E-state index in [-0.39, 0.29) is 0 Å². The Balaban J connectivity index is 0.000000133. The molecule has 0 aliphatic rings. The smallest absolute Gasteiger partial charge is 0.180 e. The Kier molecular flexibility index (Phi) is 14.6. The van der Waals surface area contributed by atoms with Gasteiger partial charge in [0.1, 0.15) is 44.8 Å². The van der Waals surface area contributed by atoms with Crippen LogP contribution in [0.1, 0.15) is 0 Å². The van der Waals surface area contributed by atoms with Crippen molar-refractivity contribution in [1.29, 1.82) is 0 Å².